The average Bonchev–Trinajstić information content (AvgIpc) is 2.91. The summed E-state index contributed by atoms with van der Waals surface area (Å²) in [5.41, 5.74) is -1.76. The van der Waals surface area contributed by atoms with Crippen molar-refractivity contribution in [3.05, 3.63) is 0 Å². The monoisotopic (exact) mass is 657 g/mol. The Bertz CT molecular complexity index is 819. The molecule has 3 unspecified atom stereocenters. The topological polar surface area (TPSA) is 107 Å². The molecular weight excluding hydrogens is 587 g/mol. The molecule has 0 spiro atoms. The minimum absolute atomic E-state index is 0.0115. The third-order valence-corrected chi connectivity index (χ3v) is 8.07. The van der Waals surface area contributed by atoms with E-state index in [9.17, 15) is 14.4 Å². The molecule has 3 atom stereocenters. The van der Waals surface area contributed by atoms with Crippen LogP contribution < -0.4 is 0 Å². The molecule has 0 heterocycles. The molecule has 0 aromatic heterocycles. The second-order valence-electron chi connectivity index (χ2n) is 16.9. The predicted octanol–water partition coefficient (Wildman–Crippen LogP) is 7.77. The molecule has 0 saturated carbocycles. The van der Waals surface area contributed by atoms with Crippen LogP contribution in [-0.4, -0.2) is 63.4 Å². The summed E-state index contributed by atoms with van der Waals surface area (Å²) in [4.78, 5) is 37.2. The van der Waals surface area contributed by atoms with Crippen LogP contribution in [0.3, 0.4) is 0 Å². The van der Waals surface area contributed by atoms with Crippen LogP contribution in [0.1, 0.15) is 125 Å². The number of carbonyl (C=O) groups excluding carboxylic acids is 3. The first kappa shape index (κ1) is 44.4. The molecule has 0 aromatic carbocycles. The van der Waals surface area contributed by atoms with Gasteiger partial charge in [-0.2, -0.15) is 0 Å². The first-order valence-electron chi connectivity index (χ1n) is 17.2. The molecule has 0 N–H and O–H groups in total. The zero-order valence-corrected chi connectivity index (χ0v) is 32.6. The van der Waals surface area contributed by atoms with Crippen LogP contribution in [0.5, 0.6) is 0 Å². The normalized spacial score (nSPS) is 15.1. The summed E-state index contributed by atoms with van der Waals surface area (Å²) in [6.45, 7) is 35.7. The quantitative estimate of drug-likeness (QED) is 0.0696. The van der Waals surface area contributed by atoms with Crippen LogP contribution in [0.4, 0.5) is 0 Å². The Kier molecular flexibility index (Phi) is 18.1. The summed E-state index contributed by atoms with van der Waals surface area (Å²) in [5, 5.41) is 0. The fourth-order valence-electron chi connectivity index (χ4n) is 5.70. The molecule has 46 heavy (non-hydrogen) atoms. The van der Waals surface area contributed by atoms with Crippen LogP contribution >= 0.6 is 0 Å². The van der Waals surface area contributed by atoms with Crippen molar-refractivity contribution in [1.29, 1.82) is 0 Å². The fourth-order valence-corrected chi connectivity index (χ4v) is 5.70. The molecule has 0 rings (SSSR count). The molecule has 0 saturated heterocycles. The van der Waals surface area contributed by atoms with Gasteiger partial charge in [-0.25, -0.2) is 0 Å². The second-order valence-corrected chi connectivity index (χ2v) is 16.9. The molecule has 0 fully saturated rings. The van der Waals surface area contributed by atoms with E-state index in [1.165, 1.54) is 0 Å². The van der Waals surface area contributed by atoms with E-state index in [-0.39, 0.29) is 73.2 Å². The van der Waals surface area contributed by atoms with E-state index >= 15 is 0 Å². The van der Waals surface area contributed by atoms with Crippen molar-refractivity contribution in [3.8, 4) is 0 Å². The molecule has 0 radical (unpaired) electrons. The van der Waals surface area contributed by atoms with Gasteiger partial charge in [0, 0.05) is 16.2 Å². The SMILES string of the molecule is CC(C)C(=O)OCC(C)(C)C(OB(OC(C(C)C)C(C)(C)COC(=O)C(C)C)OC(C(C)C)C(C)(C)COC(=O)C(C)C)C(C)C. The summed E-state index contributed by atoms with van der Waals surface area (Å²) < 4.78 is 37.4. The largest absolute Gasteiger partial charge is 0.640 e. The van der Waals surface area contributed by atoms with Gasteiger partial charge in [0.2, 0.25) is 0 Å². The highest BCUT2D eigenvalue weighted by Crippen LogP contribution is 2.37. The Labute approximate surface area is 282 Å². The van der Waals surface area contributed by atoms with Crippen molar-refractivity contribution in [2.45, 2.75) is 143 Å². The van der Waals surface area contributed by atoms with Gasteiger partial charge in [-0.1, -0.05) is 125 Å². The first-order valence-corrected chi connectivity index (χ1v) is 17.2. The van der Waals surface area contributed by atoms with Crippen molar-refractivity contribution < 1.29 is 42.6 Å². The molecule has 0 aromatic rings. The Morgan fingerprint density at radius 1 is 0.435 bits per heavy atom. The van der Waals surface area contributed by atoms with Gasteiger partial charge in [-0.15, -0.1) is 0 Å². The van der Waals surface area contributed by atoms with E-state index in [4.69, 9.17) is 28.2 Å². The molecule has 0 aliphatic heterocycles. The van der Waals surface area contributed by atoms with Crippen molar-refractivity contribution in [2.24, 2.45) is 51.8 Å². The highest BCUT2D eigenvalue weighted by molar-refractivity contribution is 6.36. The van der Waals surface area contributed by atoms with Gasteiger partial charge >= 0.3 is 25.2 Å². The highest BCUT2D eigenvalue weighted by atomic mass is 16.7. The number of hydrogen-bond acceptors (Lipinski definition) is 9. The molecule has 0 aliphatic carbocycles. The number of esters is 3. The van der Waals surface area contributed by atoms with Gasteiger partial charge in [0.15, 0.2) is 0 Å². The summed E-state index contributed by atoms with van der Waals surface area (Å²) >= 11 is 0. The smallest absolute Gasteiger partial charge is 0.465 e. The summed E-state index contributed by atoms with van der Waals surface area (Å²) in [5.74, 6) is -1.50. The lowest BCUT2D eigenvalue weighted by Gasteiger charge is -2.43. The number of ether oxygens (including phenoxy) is 3. The van der Waals surface area contributed by atoms with Crippen LogP contribution in [0, 0.1) is 51.8 Å². The van der Waals surface area contributed by atoms with Crippen LogP contribution in [-0.2, 0) is 42.6 Å². The van der Waals surface area contributed by atoms with Gasteiger partial charge in [-0.05, 0) is 17.8 Å². The number of rotatable bonds is 21. The summed E-state index contributed by atoms with van der Waals surface area (Å²) in [7, 11) is -1.13. The Morgan fingerprint density at radius 2 is 0.630 bits per heavy atom. The van der Waals surface area contributed by atoms with E-state index < -0.39 is 41.9 Å². The van der Waals surface area contributed by atoms with E-state index in [2.05, 4.69) is 41.5 Å². The lowest BCUT2D eigenvalue weighted by Crippen LogP contribution is -2.53. The minimum atomic E-state index is -1.13. The van der Waals surface area contributed by atoms with Crippen LogP contribution in [0.2, 0.25) is 0 Å². The number of hydrogen-bond donors (Lipinski definition) is 0. The molecule has 9 nitrogen and oxygen atoms in total. The lowest BCUT2D eigenvalue weighted by atomic mass is 9.78. The van der Waals surface area contributed by atoms with Gasteiger partial charge < -0.3 is 28.2 Å². The molecule has 10 heteroatoms. The Hall–Kier alpha value is -1.65. The molecule has 0 aliphatic rings. The van der Waals surface area contributed by atoms with E-state index in [0.29, 0.717) is 0 Å². The predicted molar refractivity (Wildman–Crippen MR) is 184 cm³/mol. The third kappa shape index (κ3) is 14.6. The van der Waals surface area contributed by atoms with Crippen molar-refractivity contribution in [1.82, 2.24) is 0 Å². The Morgan fingerprint density at radius 3 is 0.783 bits per heavy atom. The Balaban J connectivity index is 6.68. The highest BCUT2D eigenvalue weighted by Gasteiger charge is 2.47. The standard InChI is InChI=1S/C36H69BO9/c1-22(2)28(34(13,14)19-41-31(38)25(7)8)44-37(45-29(23(3)4)35(15,16)20-42-32(39)26(9)10)46-30(24(5)6)36(17,18)21-43-33(40)27(11)12/h22-30H,19-21H2,1-18H3. The molecule has 0 bridgehead atoms. The molecule has 270 valence electrons. The zero-order chi connectivity index (χ0) is 36.4. The fraction of sp³-hybridized carbons (Fsp3) is 0.917. The van der Waals surface area contributed by atoms with E-state index in [1.54, 1.807) is 0 Å². The van der Waals surface area contributed by atoms with Crippen LogP contribution in [0.25, 0.3) is 0 Å². The first-order chi connectivity index (χ1) is 20.8. The van der Waals surface area contributed by atoms with Crippen molar-refractivity contribution in [2.75, 3.05) is 19.8 Å². The molecular formula is C36H69BO9. The van der Waals surface area contributed by atoms with Crippen LogP contribution in [0.15, 0.2) is 0 Å². The summed E-state index contributed by atoms with van der Waals surface area (Å²) in [6, 6.07) is 0. The minimum Gasteiger partial charge on any atom is -0.465 e. The van der Waals surface area contributed by atoms with Gasteiger partial charge in [0.25, 0.3) is 0 Å². The number of carbonyl (C=O) groups is 3. The second kappa shape index (κ2) is 18.8. The maximum Gasteiger partial charge on any atom is 0.640 e. The zero-order valence-electron chi connectivity index (χ0n) is 32.6. The maximum atomic E-state index is 12.4. The average molecular weight is 657 g/mol. The van der Waals surface area contributed by atoms with Gasteiger partial charge in [0.05, 0.1) is 55.9 Å². The maximum absolute atomic E-state index is 12.4. The van der Waals surface area contributed by atoms with Crippen molar-refractivity contribution >= 4 is 25.2 Å². The van der Waals surface area contributed by atoms with Gasteiger partial charge in [0.1, 0.15) is 0 Å². The summed E-state index contributed by atoms with van der Waals surface area (Å²) in [6.07, 6.45) is -1.29. The van der Waals surface area contributed by atoms with E-state index in [0.717, 1.165) is 0 Å². The van der Waals surface area contributed by atoms with Gasteiger partial charge in [-0.3, -0.25) is 14.4 Å². The third-order valence-electron chi connectivity index (χ3n) is 8.07. The van der Waals surface area contributed by atoms with Crippen molar-refractivity contribution in [3.63, 3.8) is 0 Å². The lowest BCUT2D eigenvalue weighted by molar-refractivity contribution is -0.158. The van der Waals surface area contributed by atoms with E-state index in [1.807, 2.05) is 83.1 Å². The molecule has 0 amide bonds.